The van der Waals surface area contributed by atoms with Crippen LogP contribution in [0.4, 0.5) is 11.4 Å². The first-order valence-electron chi connectivity index (χ1n) is 15.0. The monoisotopic (exact) mass is 597 g/mol. The van der Waals surface area contributed by atoms with Gasteiger partial charge in [-0.2, -0.15) is 0 Å². The maximum atomic E-state index is 14.1. The lowest BCUT2D eigenvalue weighted by atomic mass is 9.90. The van der Waals surface area contributed by atoms with Crippen molar-refractivity contribution in [1.29, 1.82) is 0 Å². The molecule has 0 radical (unpaired) electrons. The van der Waals surface area contributed by atoms with E-state index >= 15 is 0 Å². The van der Waals surface area contributed by atoms with Crippen molar-refractivity contribution in [3.05, 3.63) is 102 Å². The molecule has 43 heavy (non-hydrogen) atoms. The molecule has 5 rings (SSSR count). The third-order valence-corrected chi connectivity index (χ3v) is 9.91. The van der Waals surface area contributed by atoms with Crippen LogP contribution in [0.2, 0.25) is 0 Å². The fraction of sp³-hybridized carbons (Fsp3) is 0.314. The third-order valence-electron chi connectivity index (χ3n) is 8.37. The fourth-order valence-corrected chi connectivity index (χ4v) is 7.57. The van der Waals surface area contributed by atoms with Gasteiger partial charge in [-0.15, -0.1) is 0 Å². The van der Waals surface area contributed by atoms with Crippen molar-refractivity contribution >= 4 is 44.0 Å². The molecule has 224 valence electrons. The van der Waals surface area contributed by atoms with E-state index in [1.807, 2.05) is 98.5 Å². The first-order chi connectivity index (χ1) is 20.7. The van der Waals surface area contributed by atoms with Crippen molar-refractivity contribution in [2.75, 3.05) is 18.0 Å². The Kier molecular flexibility index (Phi) is 9.28. The summed E-state index contributed by atoms with van der Waals surface area (Å²) in [4.78, 5) is 30.3. The van der Waals surface area contributed by atoms with Crippen LogP contribution in [0.25, 0.3) is 10.8 Å². The minimum atomic E-state index is -3.92. The molecule has 0 saturated carbocycles. The highest BCUT2D eigenvalue weighted by Crippen LogP contribution is 2.37. The Morgan fingerprint density at radius 1 is 0.884 bits per heavy atom. The second-order valence-corrected chi connectivity index (χ2v) is 12.9. The molecule has 0 aromatic heterocycles. The molecule has 0 spiro atoms. The molecule has 1 fully saturated rings. The van der Waals surface area contributed by atoms with Crippen molar-refractivity contribution in [3.8, 4) is 0 Å². The Balaban J connectivity index is 1.53. The Morgan fingerprint density at radius 2 is 1.56 bits per heavy atom. The Labute approximate surface area is 254 Å². The number of carbonyl (C=O) groups excluding carboxylic acids is 2. The fourth-order valence-electron chi connectivity index (χ4n) is 6.02. The van der Waals surface area contributed by atoms with E-state index in [0.717, 1.165) is 18.4 Å². The number of anilines is 2. The maximum Gasteiger partial charge on any atom is 0.263 e. The molecule has 2 amide bonds. The minimum absolute atomic E-state index is 0.0233. The first-order valence-corrected chi connectivity index (χ1v) is 16.5. The number of rotatable bonds is 9. The minimum Gasteiger partial charge on any atom is -0.342 e. The number of fused-ring (bicyclic) bond motifs is 1. The number of hydrogen-bond acceptors (Lipinski definition) is 4. The average molecular weight is 598 g/mol. The first kappa shape index (κ1) is 30.4. The second-order valence-electron chi connectivity index (χ2n) is 11.2. The number of aryl methyl sites for hydroxylation is 1. The summed E-state index contributed by atoms with van der Waals surface area (Å²) in [6.45, 7) is 7.02. The number of piperidine rings is 1. The number of carbonyl (C=O) groups is 2. The Bertz CT molecular complexity index is 1720. The summed E-state index contributed by atoms with van der Waals surface area (Å²) in [5.74, 6) is -0.0411. The highest BCUT2D eigenvalue weighted by atomic mass is 32.2. The maximum absolute atomic E-state index is 14.1. The lowest BCUT2D eigenvalue weighted by molar-refractivity contribution is -0.133. The average Bonchev–Trinajstić information content (AvgIpc) is 3.02. The summed E-state index contributed by atoms with van der Waals surface area (Å²) in [7, 11) is -3.92. The molecule has 1 aliphatic heterocycles. The van der Waals surface area contributed by atoms with E-state index in [0.29, 0.717) is 53.6 Å². The van der Waals surface area contributed by atoms with E-state index in [1.165, 1.54) is 0 Å². The van der Waals surface area contributed by atoms with Crippen LogP contribution in [0.15, 0.2) is 95.9 Å². The summed E-state index contributed by atoms with van der Waals surface area (Å²) >= 11 is 0. The molecule has 8 heteroatoms. The van der Waals surface area contributed by atoms with Gasteiger partial charge in [0.05, 0.1) is 10.6 Å². The zero-order valence-corrected chi connectivity index (χ0v) is 25.8. The van der Waals surface area contributed by atoms with Gasteiger partial charge in [-0.05, 0) is 61.6 Å². The van der Waals surface area contributed by atoms with Crippen molar-refractivity contribution in [2.45, 2.75) is 57.4 Å². The summed E-state index contributed by atoms with van der Waals surface area (Å²) in [6, 6.07) is 27.2. The van der Waals surface area contributed by atoms with Crippen molar-refractivity contribution in [3.63, 3.8) is 0 Å². The molecule has 1 heterocycles. The number of sulfonamides is 1. The van der Waals surface area contributed by atoms with Gasteiger partial charge in [0.2, 0.25) is 15.9 Å². The molecular weight excluding hydrogens is 558 g/mol. The van der Waals surface area contributed by atoms with Gasteiger partial charge in [0, 0.05) is 47.6 Å². The van der Waals surface area contributed by atoms with Crippen molar-refractivity contribution in [2.24, 2.45) is 5.92 Å². The summed E-state index contributed by atoms with van der Waals surface area (Å²) < 4.78 is 30.9. The van der Waals surface area contributed by atoms with Gasteiger partial charge in [-0.25, -0.2) is 13.1 Å². The van der Waals surface area contributed by atoms with E-state index < -0.39 is 10.0 Å². The van der Waals surface area contributed by atoms with Gasteiger partial charge in [0.15, 0.2) is 0 Å². The SMILES string of the molecule is CCCC(=O)N1CC[C@H](NS(=O)(=O)c2ccc(N(C(=O)c3ccccc3C)c3ccccc3)c3ccccc23)[C@@H](CC)C1. The zero-order chi connectivity index (χ0) is 30.6. The molecule has 7 nitrogen and oxygen atoms in total. The molecule has 4 aromatic rings. The molecule has 2 atom stereocenters. The van der Waals surface area contributed by atoms with Crippen LogP contribution >= 0.6 is 0 Å². The van der Waals surface area contributed by atoms with Gasteiger partial charge in [0.1, 0.15) is 0 Å². The lowest BCUT2D eigenvalue weighted by Gasteiger charge is -2.38. The van der Waals surface area contributed by atoms with Crippen LogP contribution in [0.5, 0.6) is 0 Å². The number of likely N-dealkylation sites (tertiary alicyclic amines) is 1. The topological polar surface area (TPSA) is 86.8 Å². The van der Waals surface area contributed by atoms with E-state index in [9.17, 15) is 18.0 Å². The van der Waals surface area contributed by atoms with Gasteiger partial charge in [-0.1, -0.05) is 80.9 Å². The molecule has 1 N–H and O–H groups in total. The summed E-state index contributed by atoms with van der Waals surface area (Å²) in [5, 5.41) is 1.19. The van der Waals surface area contributed by atoms with Crippen LogP contribution in [0.3, 0.4) is 0 Å². The van der Waals surface area contributed by atoms with Crippen molar-refractivity contribution in [1.82, 2.24) is 9.62 Å². The van der Waals surface area contributed by atoms with E-state index in [2.05, 4.69) is 4.72 Å². The number of benzene rings is 4. The predicted octanol–water partition coefficient (Wildman–Crippen LogP) is 6.83. The van der Waals surface area contributed by atoms with Crippen LogP contribution in [0, 0.1) is 12.8 Å². The Hall–Kier alpha value is -4.01. The van der Waals surface area contributed by atoms with E-state index in [4.69, 9.17) is 0 Å². The standard InChI is InChI=1S/C35H39N3O4S/c1-4-13-34(39)37-23-22-31(26(5-2)24-37)36-43(41,42)33-21-20-32(29-18-11-12-19-30(29)33)38(27-15-7-6-8-16-27)35(40)28-17-10-9-14-25(28)3/h6-12,14-21,26,31,36H,4-5,13,22-24H2,1-3H3/t26-,31-/m0/s1. The normalized spacial score (nSPS) is 17.1. The number of amides is 2. The van der Waals surface area contributed by atoms with Crippen molar-refractivity contribution < 1.29 is 18.0 Å². The number of para-hydroxylation sites is 1. The van der Waals surface area contributed by atoms with Gasteiger partial charge in [0.25, 0.3) is 5.91 Å². The van der Waals surface area contributed by atoms with Gasteiger partial charge < -0.3 is 4.90 Å². The molecular formula is C35H39N3O4S. The highest BCUT2D eigenvalue weighted by Gasteiger charge is 2.34. The highest BCUT2D eigenvalue weighted by molar-refractivity contribution is 7.89. The quantitative estimate of drug-likeness (QED) is 0.229. The summed E-state index contributed by atoms with van der Waals surface area (Å²) in [6.07, 6.45) is 2.63. The Morgan fingerprint density at radius 3 is 2.26 bits per heavy atom. The van der Waals surface area contributed by atoms with Crippen LogP contribution in [0.1, 0.15) is 55.5 Å². The largest absolute Gasteiger partial charge is 0.342 e. The molecule has 0 unspecified atom stereocenters. The summed E-state index contributed by atoms with van der Waals surface area (Å²) in [5.41, 5.74) is 2.71. The smallest absolute Gasteiger partial charge is 0.263 e. The molecule has 1 aliphatic rings. The molecule has 1 saturated heterocycles. The number of hydrogen-bond donors (Lipinski definition) is 1. The lowest BCUT2D eigenvalue weighted by Crippen LogP contribution is -2.52. The predicted molar refractivity (Wildman–Crippen MR) is 172 cm³/mol. The second kappa shape index (κ2) is 13.1. The number of nitrogens with zero attached hydrogens (tertiary/aromatic N) is 2. The van der Waals surface area contributed by atoms with E-state index in [1.54, 1.807) is 23.1 Å². The van der Waals surface area contributed by atoms with Crippen LogP contribution < -0.4 is 9.62 Å². The molecule has 0 bridgehead atoms. The molecule has 0 aliphatic carbocycles. The van der Waals surface area contributed by atoms with Crippen LogP contribution in [-0.4, -0.2) is 44.3 Å². The van der Waals surface area contributed by atoms with Gasteiger partial charge in [-0.3, -0.25) is 14.5 Å². The third kappa shape index (κ3) is 6.36. The zero-order valence-electron chi connectivity index (χ0n) is 25.0. The van der Waals surface area contributed by atoms with E-state index in [-0.39, 0.29) is 28.7 Å². The number of nitrogens with one attached hydrogen (secondary N) is 1. The van der Waals surface area contributed by atoms with Gasteiger partial charge >= 0.3 is 0 Å². The molecule has 4 aromatic carbocycles. The van der Waals surface area contributed by atoms with Crippen LogP contribution in [-0.2, 0) is 14.8 Å².